The van der Waals surface area contributed by atoms with Gasteiger partial charge in [-0.1, -0.05) is 37.3 Å². The number of anilines is 2. The van der Waals surface area contributed by atoms with Crippen LogP contribution in [0, 0.1) is 0 Å². The smallest absolute Gasteiger partial charge is 0.288 e. The van der Waals surface area contributed by atoms with Crippen LogP contribution in [0.4, 0.5) is 11.4 Å². The Morgan fingerprint density at radius 1 is 1.18 bits per heavy atom. The van der Waals surface area contributed by atoms with Gasteiger partial charge in [0.1, 0.15) is 6.33 Å². The van der Waals surface area contributed by atoms with E-state index in [2.05, 4.69) is 45.1 Å². The maximum atomic E-state index is 11.2. The Morgan fingerprint density at radius 2 is 2.00 bits per heavy atom. The van der Waals surface area contributed by atoms with E-state index in [1.165, 1.54) is 28.2 Å². The summed E-state index contributed by atoms with van der Waals surface area (Å²) in [6.45, 7) is 4.59. The quantitative estimate of drug-likeness (QED) is 0.328. The van der Waals surface area contributed by atoms with Crippen molar-refractivity contribution in [3.05, 3.63) is 77.5 Å². The number of amides is 2. The molecule has 3 heterocycles. The standard InChI is InChI=1S/C18H23N3OS.C10H10N4O/c1-3-9-23-18-7-6-15(10-17(18)20(2)13-22)21-11-14-5-4-8-19-16(14)12-21;11-9(15)10-12-7-14(13-10)6-8-4-2-1-3-5-8/h6-8,10,13H,3-5,9,11-12H2,1-2H3;1-5,7H,6H2,(H2,11,15). The third kappa shape index (κ3) is 6.89. The number of thioether (sulfide) groups is 1. The molecule has 198 valence electrons. The number of carbonyl (C=O) groups is 2. The predicted octanol–water partition coefficient (Wildman–Crippen LogP) is 4.15. The van der Waals surface area contributed by atoms with Crippen LogP contribution in [0.1, 0.15) is 42.4 Å². The Hall–Kier alpha value is -3.92. The van der Waals surface area contributed by atoms with Gasteiger partial charge in [-0.05, 0) is 54.4 Å². The van der Waals surface area contributed by atoms with Crippen LogP contribution in [0.15, 0.2) is 76.0 Å². The molecule has 2 aromatic carbocycles. The Labute approximate surface area is 227 Å². The molecule has 0 bridgehead atoms. The van der Waals surface area contributed by atoms with Crippen LogP contribution in [0.5, 0.6) is 0 Å². The van der Waals surface area contributed by atoms with E-state index in [-0.39, 0.29) is 5.82 Å². The average molecular weight is 532 g/mol. The van der Waals surface area contributed by atoms with Crippen molar-refractivity contribution in [3.63, 3.8) is 0 Å². The summed E-state index contributed by atoms with van der Waals surface area (Å²) in [7, 11) is 1.82. The molecule has 0 aliphatic carbocycles. The first-order valence-corrected chi connectivity index (χ1v) is 13.6. The molecule has 10 heteroatoms. The number of nitrogens with two attached hydrogens (primary N) is 1. The van der Waals surface area contributed by atoms with E-state index in [4.69, 9.17) is 5.73 Å². The molecule has 9 nitrogen and oxygen atoms in total. The highest BCUT2D eigenvalue weighted by Crippen LogP contribution is 2.36. The fourth-order valence-corrected chi connectivity index (χ4v) is 5.18. The number of nitrogens with zero attached hydrogens (tertiary/aromatic N) is 6. The molecule has 1 aromatic heterocycles. The fraction of sp³-hybridized carbons (Fsp3) is 0.321. The summed E-state index contributed by atoms with van der Waals surface area (Å²) in [5.74, 6) is 0.501. The molecular weight excluding hydrogens is 498 g/mol. The van der Waals surface area contributed by atoms with Gasteiger partial charge < -0.3 is 15.5 Å². The van der Waals surface area contributed by atoms with Crippen LogP contribution in [0.2, 0.25) is 0 Å². The van der Waals surface area contributed by atoms with Crippen molar-refractivity contribution in [1.29, 1.82) is 0 Å². The summed E-state index contributed by atoms with van der Waals surface area (Å²) in [6.07, 6.45) is 7.70. The number of carbonyl (C=O) groups excluding carboxylic acids is 2. The molecule has 0 atom stereocenters. The van der Waals surface area contributed by atoms with Gasteiger partial charge in [0, 0.05) is 30.4 Å². The second-order valence-electron chi connectivity index (χ2n) is 9.09. The van der Waals surface area contributed by atoms with Crippen molar-refractivity contribution in [2.75, 3.05) is 35.7 Å². The molecule has 2 N–H and O–H groups in total. The van der Waals surface area contributed by atoms with Gasteiger partial charge in [0.25, 0.3) is 5.91 Å². The lowest BCUT2D eigenvalue weighted by Gasteiger charge is -2.23. The summed E-state index contributed by atoms with van der Waals surface area (Å²) >= 11 is 1.81. The van der Waals surface area contributed by atoms with E-state index in [0.29, 0.717) is 6.54 Å². The van der Waals surface area contributed by atoms with E-state index >= 15 is 0 Å². The number of benzene rings is 2. The second-order valence-corrected chi connectivity index (χ2v) is 10.2. The zero-order valence-corrected chi connectivity index (χ0v) is 22.6. The normalized spacial score (nSPS) is 14.1. The minimum absolute atomic E-state index is 0.0472. The van der Waals surface area contributed by atoms with Crippen molar-refractivity contribution in [1.82, 2.24) is 14.8 Å². The summed E-state index contributed by atoms with van der Waals surface area (Å²) in [6, 6.07) is 16.2. The van der Waals surface area contributed by atoms with Crippen molar-refractivity contribution < 1.29 is 9.59 Å². The van der Waals surface area contributed by atoms with Crippen LogP contribution in [-0.4, -0.2) is 59.2 Å². The molecular formula is C28H33N7O2S. The molecule has 5 rings (SSSR count). The lowest BCUT2D eigenvalue weighted by Crippen LogP contribution is -2.21. The van der Waals surface area contributed by atoms with Crippen molar-refractivity contribution >= 4 is 41.7 Å². The van der Waals surface area contributed by atoms with Crippen LogP contribution in [-0.2, 0) is 11.3 Å². The molecule has 0 spiro atoms. The molecule has 2 aliphatic heterocycles. The topological polar surface area (TPSA) is 110 Å². The third-order valence-corrected chi connectivity index (χ3v) is 7.47. The monoisotopic (exact) mass is 531 g/mol. The average Bonchev–Trinajstić information content (AvgIpc) is 3.60. The summed E-state index contributed by atoms with van der Waals surface area (Å²) < 4.78 is 1.58. The van der Waals surface area contributed by atoms with Gasteiger partial charge in [-0.15, -0.1) is 16.9 Å². The highest BCUT2D eigenvalue weighted by atomic mass is 32.2. The molecule has 0 fully saturated rings. The Kier molecular flexibility index (Phi) is 9.31. The largest absolute Gasteiger partial charge is 0.363 e. The van der Waals surface area contributed by atoms with Crippen LogP contribution < -0.4 is 15.5 Å². The van der Waals surface area contributed by atoms with Gasteiger partial charge in [-0.3, -0.25) is 14.6 Å². The summed E-state index contributed by atoms with van der Waals surface area (Å²) in [5, 5.41) is 3.94. The van der Waals surface area contributed by atoms with Crippen LogP contribution >= 0.6 is 11.8 Å². The minimum atomic E-state index is -0.609. The first kappa shape index (κ1) is 27.1. The number of aliphatic imine (C=N–C) groups is 1. The highest BCUT2D eigenvalue weighted by molar-refractivity contribution is 7.99. The second kappa shape index (κ2) is 13.0. The van der Waals surface area contributed by atoms with Gasteiger partial charge in [-0.2, -0.15) is 0 Å². The number of hydrogen-bond donors (Lipinski definition) is 1. The number of primary amides is 1. The maximum absolute atomic E-state index is 11.2. The zero-order chi connectivity index (χ0) is 26.9. The van der Waals surface area contributed by atoms with Gasteiger partial charge in [0.05, 0.1) is 24.5 Å². The highest BCUT2D eigenvalue weighted by Gasteiger charge is 2.24. The van der Waals surface area contributed by atoms with Crippen LogP contribution in [0.3, 0.4) is 0 Å². The van der Waals surface area contributed by atoms with Crippen molar-refractivity contribution in [2.45, 2.75) is 37.6 Å². The van der Waals surface area contributed by atoms with E-state index in [9.17, 15) is 9.59 Å². The number of hydrogen-bond acceptors (Lipinski definition) is 7. The Bertz CT molecular complexity index is 1320. The molecule has 38 heavy (non-hydrogen) atoms. The predicted molar refractivity (Wildman–Crippen MR) is 153 cm³/mol. The molecule has 3 aromatic rings. The summed E-state index contributed by atoms with van der Waals surface area (Å²) in [5.41, 5.74) is 11.0. The van der Waals surface area contributed by atoms with Gasteiger partial charge in [0.15, 0.2) is 0 Å². The Balaban J connectivity index is 0.000000194. The van der Waals surface area contributed by atoms with E-state index in [1.54, 1.807) is 9.58 Å². The summed E-state index contributed by atoms with van der Waals surface area (Å²) in [4.78, 5) is 35.5. The van der Waals surface area contributed by atoms with Gasteiger partial charge >= 0.3 is 0 Å². The van der Waals surface area contributed by atoms with E-state index in [1.807, 2.05) is 55.4 Å². The zero-order valence-electron chi connectivity index (χ0n) is 21.8. The van der Waals surface area contributed by atoms with Gasteiger partial charge in [0.2, 0.25) is 12.2 Å². The molecule has 2 aliphatic rings. The molecule has 2 amide bonds. The molecule has 0 unspecified atom stereocenters. The molecule has 0 radical (unpaired) electrons. The van der Waals surface area contributed by atoms with Gasteiger partial charge in [-0.25, -0.2) is 9.67 Å². The SMILES string of the molecule is CCCSc1ccc(N2CC3=C(C2)N=CCC3)cc1N(C)C=O.NC(=O)c1ncn(Cc2ccccc2)n1. The molecule has 0 saturated carbocycles. The number of aromatic nitrogens is 3. The van der Waals surface area contributed by atoms with Crippen molar-refractivity contribution in [3.8, 4) is 0 Å². The van der Waals surface area contributed by atoms with E-state index < -0.39 is 5.91 Å². The fourth-order valence-electron chi connectivity index (χ4n) is 4.24. The van der Waals surface area contributed by atoms with E-state index in [0.717, 1.165) is 55.8 Å². The Morgan fingerprint density at radius 3 is 2.68 bits per heavy atom. The maximum Gasteiger partial charge on any atom is 0.288 e. The lowest BCUT2D eigenvalue weighted by molar-refractivity contribution is -0.107. The third-order valence-electron chi connectivity index (χ3n) is 6.20. The van der Waals surface area contributed by atoms with Crippen LogP contribution in [0.25, 0.3) is 0 Å². The lowest BCUT2D eigenvalue weighted by atomic mass is 10.1. The van der Waals surface area contributed by atoms with Crippen molar-refractivity contribution in [2.24, 2.45) is 10.7 Å². The minimum Gasteiger partial charge on any atom is -0.363 e. The number of rotatable bonds is 9. The first-order valence-electron chi connectivity index (χ1n) is 12.6. The first-order chi connectivity index (χ1) is 18.5. The molecule has 0 saturated heterocycles.